The molecule has 0 aliphatic carbocycles. The maximum atomic E-state index is 11.5. The molecule has 2 rings (SSSR count). The molecule has 88 valence electrons. The number of hydrogen-bond acceptors (Lipinski definition) is 3. The fourth-order valence-electron chi connectivity index (χ4n) is 1.50. The molecule has 0 spiro atoms. The number of esters is 1. The van der Waals surface area contributed by atoms with Gasteiger partial charge in [0.2, 0.25) is 0 Å². The van der Waals surface area contributed by atoms with Crippen LogP contribution in [0.3, 0.4) is 0 Å². The molecular weight excluding hydrogens is 261 g/mol. The number of carbonyl (C=O) groups is 1. The van der Waals surface area contributed by atoms with E-state index in [4.69, 9.17) is 27.9 Å². The molecule has 0 saturated heterocycles. The maximum absolute atomic E-state index is 11.5. The Hall–Kier alpha value is -1.32. The van der Waals surface area contributed by atoms with Gasteiger partial charge in [-0.25, -0.2) is 4.79 Å². The molecule has 0 aliphatic rings. The number of hydrogen-bond donors (Lipinski definition) is 0. The van der Waals surface area contributed by atoms with Crippen LogP contribution in [-0.2, 0) is 4.74 Å². The zero-order chi connectivity index (χ0) is 12.4. The van der Waals surface area contributed by atoms with Crippen LogP contribution in [0, 0.1) is 0 Å². The summed E-state index contributed by atoms with van der Waals surface area (Å²) >= 11 is 11.9. The summed E-state index contributed by atoms with van der Waals surface area (Å²) in [6, 6.07) is 4.99. The van der Waals surface area contributed by atoms with Crippen molar-refractivity contribution < 1.29 is 9.53 Å². The zero-order valence-electron chi connectivity index (χ0n) is 9.04. The van der Waals surface area contributed by atoms with Gasteiger partial charge in [-0.1, -0.05) is 23.2 Å². The fourth-order valence-corrected chi connectivity index (χ4v) is 2.06. The molecule has 0 saturated carbocycles. The number of ether oxygens (including phenoxy) is 1. The second-order valence-corrected chi connectivity index (χ2v) is 4.25. The third kappa shape index (κ3) is 2.51. The Morgan fingerprint density at radius 3 is 2.82 bits per heavy atom. The average Bonchev–Trinajstić information content (AvgIpc) is 2.28. The normalized spacial score (nSPS) is 10.5. The largest absolute Gasteiger partial charge is 0.462 e. The molecule has 2 aromatic rings. The molecule has 0 fully saturated rings. The number of benzene rings is 1. The van der Waals surface area contributed by atoms with Crippen molar-refractivity contribution in [3.8, 4) is 0 Å². The summed E-state index contributed by atoms with van der Waals surface area (Å²) in [4.78, 5) is 15.7. The molecule has 1 heterocycles. The number of pyridine rings is 1. The Balaban J connectivity index is 2.54. The number of carbonyl (C=O) groups excluding carboxylic acids is 1. The van der Waals surface area contributed by atoms with Gasteiger partial charge in [0.1, 0.15) is 0 Å². The van der Waals surface area contributed by atoms with Crippen molar-refractivity contribution in [1.29, 1.82) is 0 Å². The highest BCUT2D eigenvalue weighted by Crippen LogP contribution is 2.26. The van der Waals surface area contributed by atoms with Gasteiger partial charge in [0.15, 0.2) is 0 Å². The van der Waals surface area contributed by atoms with Gasteiger partial charge in [-0.05, 0) is 25.1 Å². The molecule has 17 heavy (non-hydrogen) atoms. The summed E-state index contributed by atoms with van der Waals surface area (Å²) in [7, 11) is 0. The molecule has 0 atom stereocenters. The van der Waals surface area contributed by atoms with E-state index in [0.29, 0.717) is 33.1 Å². The summed E-state index contributed by atoms with van der Waals surface area (Å²) in [5.41, 5.74) is 1.00. The van der Waals surface area contributed by atoms with Crippen molar-refractivity contribution in [2.75, 3.05) is 6.61 Å². The molecule has 0 radical (unpaired) electrons. The Morgan fingerprint density at radius 1 is 1.35 bits per heavy atom. The summed E-state index contributed by atoms with van der Waals surface area (Å²) in [6.07, 6.45) is 1.44. The molecule has 3 nitrogen and oxygen atoms in total. The van der Waals surface area contributed by atoms with E-state index in [1.807, 2.05) is 0 Å². The van der Waals surface area contributed by atoms with Crippen LogP contribution in [-0.4, -0.2) is 17.6 Å². The van der Waals surface area contributed by atoms with Gasteiger partial charge in [0, 0.05) is 16.6 Å². The third-order valence-electron chi connectivity index (χ3n) is 2.21. The summed E-state index contributed by atoms with van der Waals surface area (Å²) in [6.45, 7) is 2.08. The standard InChI is InChI=1S/C12H9Cl2NO2/c1-2-17-12(16)8-3-7-4-9(13)5-10(14)11(7)15-6-8/h3-6H,2H2,1H3. The summed E-state index contributed by atoms with van der Waals surface area (Å²) in [5, 5.41) is 1.68. The van der Waals surface area contributed by atoms with Crippen LogP contribution >= 0.6 is 23.2 Å². The minimum atomic E-state index is -0.405. The van der Waals surface area contributed by atoms with Crippen LogP contribution in [0.2, 0.25) is 10.0 Å². The van der Waals surface area contributed by atoms with E-state index in [-0.39, 0.29) is 0 Å². The Morgan fingerprint density at radius 2 is 2.12 bits per heavy atom. The molecule has 0 unspecified atom stereocenters. The van der Waals surface area contributed by atoms with Crippen molar-refractivity contribution in [3.63, 3.8) is 0 Å². The lowest BCUT2D eigenvalue weighted by Crippen LogP contribution is -2.05. The number of aromatic nitrogens is 1. The molecular formula is C12H9Cl2NO2. The van der Waals surface area contributed by atoms with Crippen LogP contribution < -0.4 is 0 Å². The highest BCUT2D eigenvalue weighted by atomic mass is 35.5. The van der Waals surface area contributed by atoms with Gasteiger partial charge in [-0.15, -0.1) is 0 Å². The highest BCUT2D eigenvalue weighted by molar-refractivity contribution is 6.38. The van der Waals surface area contributed by atoms with Gasteiger partial charge in [-0.2, -0.15) is 0 Å². The van der Waals surface area contributed by atoms with Crippen LogP contribution in [0.1, 0.15) is 17.3 Å². The first-order valence-corrected chi connectivity index (χ1v) is 5.79. The van der Waals surface area contributed by atoms with E-state index in [0.717, 1.165) is 0 Å². The van der Waals surface area contributed by atoms with Crippen molar-refractivity contribution in [3.05, 3.63) is 40.0 Å². The first-order valence-electron chi connectivity index (χ1n) is 5.03. The SMILES string of the molecule is CCOC(=O)c1cnc2c(Cl)cc(Cl)cc2c1. The summed E-state index contributed by atoms with van der Waals surface area (Å²) < 4.78 is 4.89. The maximum Gasteiger partial charge on any atom is 0.339 e. The highest BCUT2D eigenvalue weighted by Gasteiger charge is 2.10. The molecule has 0 aliphatic heterocycles. The van der Waals surface area contributed by atoms with E-state index in [2.05, 4.69) is 4.98 Å². The lowest BCUT2D eigenvalue weighted by Gasteiger charge is -2.04. The zero-order valence-corrected chi connectivity index (χ0v) is 10.5. The van der Waals surface area contributed by atoms with E-state index < -0.39 is 5.97 Å². The number of halogens is 2. The molecule has 0 bridgehead atoms. The Labute approximate surface area is 108 Å². The topological polar surface area (TPSA) is 39.2 Å². The number of fused-ring (bicyclic) bond motifs is 1. The lowest BCUT2D eigenvalue weighted by molar-refractivity contribution is 0.0526. The second kappa shape index (κ2) is 4.90. The van der Waals surface area contributed by atoms with E-state index in [1.54, 1.807) is 25.1 Å². The van der Waals surface area contributed by atoms with Crippen LogP contribution in [0.15, 0.2) is 24.4 Å². The fraction of sp³-hybridized carbons (Fsp3) is 0.167. The van der Waals surface area contributed by atoms with Crippen LogP contribution in [0.5, 0.6) is 0 Å². The van der Waals surface area contributed by atoms with E-state index in [9.17, 15) is 4.79 Å². The first-order chi connectivity index (χ1) is 8.11. The van der Waals surface area contributed by atoms with Crippen molar-refractivity contribution in [1.82, 2.24) is 4.98 Å². The Kier molecular flexibility index (Phi) is 3.50. The Bertz CT molecular complexity index is 584. The van der Waals surface area contributed by atoms with E-state index >= 15 is 0 Å². The van der Waals surface area contributed by atoms with Crippen molar-refractivity contribution in [2.45, 2.75) is 6.92 Å². The lowest BCUT2D eigenvalue weighted by atomic mass is 10.1. The summed E-state index contributed by atoms with van der Waals surface area (Å²) in [5.74, 6) is -0.405. The van der Waals surface area contributed by atoms with Crippen molar-refractivity contribution in [2.24, 2.45) is 0 Å². The van der Waals surface area contributed by atoms with Gasteiger partial charge < -0.3 is 4.74 Å². The second-order valence-electron chi connectivity index (χ2n) is 3.40. The van der Waals surface area contributed by atoms with Gasteiger partial charge >= 0.3 is 5.97 Å². The predicted molar refractivity (Wildman–Crippen MR) is 67.7 cm³/mol. The molecule has 5 heteroatoms. The predicted octanol–water partition coefficient (Wildman–Crippen LogP) is 3.72. The third-order valence-corrected chi connectivity index (χ3v) is 2.72. The van der Waals surface area contributed by atoms with Gasteiger partial charge in [0.05, 0.1) is 22.7 Å². The molecule has 0 N–H and O–H groups in total. The average molecular weight is 270 g/mol. The minimum absolute atomic E-state index is 0.327. The molecule has 0 amide bonds. The molecule has 1 aromatic carbocycles. The number of nitrogens with zero attached hydrogens (tertiary/aromatic N) is 1. The van der Waals surface area contributed by atoms with Crippen molar-refractivity contribution >= 4 is 40.1 Å². The van der Waals surface area contributed by atoms with Gasteiger partial charge in [-0.3, -0.25) is 4.98 Å². The first kappa shape index (κ1) is 12.1. The minimum Gasteiger partial charge on any atom is -0.462 e. The smallest absolute Gasteiger partial charge is 0.339 e. The molecule has 1 aromatic heterocycles. The van der Waals surface area contributed by atoms with Crippen LogP contribution in [0.4, 0.5) is 0 Å². The van der Waals surface area contributed by atoms with Gasteiger partial charge in [0.25, 0.3) is 0 Å². The number of rotatable bonds is 2. The quantitative estimate of drug-likeness (QED) is 0.781. The van der Waals surface area contributed by atoms with E-state index in [1.165, 1.54) is 6.20 Å². The monoisotopic (exact) mass is 269 g/mol. The van der Waals surface area contributed by atoms with Crippen LogP contribution in [0.25, 0.3) is 10.9 Å².